The van der Waals surface area contributed by atoms with Gasteiger partial charge in [0.15, 0.2) is 11.6 Å². The SMILES string of the molecule is NC(=O)c1ccc(N)cc1Sc1ccc(F)c(F)c1. The highest BCUT2D eigenvalue weighted by atomic mass is 32.2. The van der Waals surface area contributed by atoms with Gasteiger partial charge in [0.05, 0.1) is 5.56 Å². The van der Waals surface area contributed by atoms with Crippen LogP contribution in [0.4, 0.5) is 14.5 Å². The lowest BCUT2D eigenvalue weighted by molar-refractivity contribution is 0.0997. The highest BCUT2D eigenvalue weighted by Gasteiger charge is 2.11. The predicted molar refractivity (Wildman–Crippen MR) is 69.9 cm³/mol. The minimum absolute atomic E-state index is 0.281. The second-order valence-electron chi connectivity index (χ2n) is 3.80. The summed E-state index contributed by atoms with van der Waals surface area (Å²) < 4.78 is 25.9. The number of nitrogen functional groups attached to an aromatic ring is 1. The molecule has 1 amide bonds. The van der Waals surface area contributed by atoms with Crippen LogP contribution in [-0.2, 0) is 0 Å². The summed E-state index contributed by atoms with van der Waals surface area (Å²) in [5, 5.41) is 0. The fourth-order valence-electron chi connectivity index (χ4n) is 1.49. The van der Waals surface area contributed by atoms with Gasteiger partial charge in [0.25, 0.3) is 0 Å². The molecule has 0 saturated carbocycles. The van der Waals surface area contributed by atoms with Crippen LogP contribution < -0.4 is 11.5 Å². The van der Waals surface area contributed by atoms with E-state index < -0.39 is 17.5 Å². The van der Waals surface area contributed by atoms with Gasteiger partial charge >= 0.3 is 0 Å². The summed E-state index contributed by atoms with van der Waals surface area (Å²) in [5.74, 6) is -2.48. The van der Waals surface area contributed by atoms with Crippen molar-refractivity contribution in [3.63, 3.8) is 0 Å². The molecule has 6 heteroatoms. The zero-order chi connectivity index (χ0) is 14.0. The van der Waals surface area contributed by atoms with Crippen molar-refractivity contribution >= 4 is 23.4 Å². The summed E-state index contributed by atoms with van der Waals surface area (Å²) >= 11 is 1.09. The van der Waals surface area contributed by atoms with Gasteiger partial charge in [0.1, 0.15) is 0 Å². The van der Waals surface area contributed by atoms with Crippen molar-refractivity contribution in [1.82, 2.24) is 0 Å². The van der Waals surface area contributed by atoms with Crippen LogP contribution in [0.5, 0.6) is 0 Å². The zero-order valence-electron chi connectivity index (χ0n) is 9.69. The van der Waals surface area contributed by atoms with Crippen LogP contribution in [0.3, 0.4) is 0 Å². The number of rotatable bonds is 3. The van der Waals surface area contributed by atoms with E-state index in [4.69, 9.17) is 11.5 Å². The molecule has 2 aromatic carbocycles. The molecule has 3 nitrogen and oxygen atoms in total. The Labute approximate surface area is 112 Å². The van der Waals surface area contributed by atoms with E-state index in [1.165, 1.54) is 12.1 Å². The third-order valence-electron chi connectivity index (χ3n) is 2.39. The Hall–Kier alpha value is -2.08. The molecule has 19 heavy (non-hydrogen) atoms. The summed E-state index contributed by atoms with van der Waals surface area (Å²) in [6.45, 7) is 0. The number of carbonyl (C=O) groups is 1. The number of hydrogen-bond acceptors (Lipinski definition) is 3. The Morgan fingerprint density at radius 3 is 2.42 bits per heavy atom. The van der Waals surface area contributed by atoms with Crippen molar-refractivity contribution < 1.29 is 13.6 Å². The van der Waals surface area contributed by atoms with Crippen LogP contribution >= 0.6 is 11.8 Å². The lowest BCUT2D eigenvalue weighted by Crippen LogP contribution is -2.12. The Morgan fingerprint density at radius 1 is 1.05 bits per heavy atom. The molecule has 0 spiro atoms. The Kier molecular flexibility index (Phi) is 3.71. The van der Waals surface area contributed by atoms with Crippen molar-refractivity contribution in [3.05, 3.63) is 53.6 Å². The van der Waals surface area contributed by atoms with E-state index >= 15 is 0 Å². The van der Waals surface area contributed by atoms with Crippen molar-refractivity contribution in [2.75, 3.05) is 5.73 Å². The molecule has 4 N–H and O–H groups in total. The van der Waals surface area contributed by atoms with Gasteiger partial charge in [-0.1, -0.05) is 11.8 Å². The molecule has 0 aromatic heterocycles. The molecule has 0 fully saturated rings. The molecule has 0 atom stereocenters. The lowest BCUT2D eigenvalue weighted by atomic mass is 10.2. The van der Waals surface area contributed by atoms with Gasteiger partial charge in [-0.25, -0.2) is 8.78 Å². The number of hydrogen-bond donors (Lipinski definition) is 2. The molecule has 98 valence electrons. The van der Waals surface area contributed by atoms with Crippen LogP contribution in [-0.4, -0.2) is 5.91 Å². The second-order valence-corrected chi connectivity index (χ2v) is 4.91. The van der Waals surface area contributed by atoms with Gasteiger partial charge < -0.3 is 11.5 Å². The number of carbonyl (C=O) groups excluding carboxylic acids is 1. The van der Waals surface area contributed by atoms with E-state index in [0.29, 0.717) is 15.5 Å². The summed E-state index contributed by atoms with van der Waals surface area (Å²) in [6, 6.07) is 8.10. The van der Waals surface area contributed by atoms with Gasteiger partial charge in [-0.3, -0.25) is 4.79 Å². The van der Waals surface area contributed by atoms with E-state index in [-0.39, 0.29) is 5.56 Å². The van der Waals surface area contributed by atoms with Crippen LogP contribution in [0.1, 0.15) is 10.4 Å². The standard InChI is InChI=1S/C13H10F2N2OS/c14-10-4-2-8(6-11(10)15)19-12-5-7(16)1-3-9(12)13(17)18/h1-6H,16H2,(H2,17,18). The summed E-state index contributed by atoms with van der Waals surface area (Å²) in [5.41, 5.74) is 11.6. The fourth-order valence-corrected chi connectivity index (χ4v) is 2.52. The number of amides is 1. The quantitative estimate of drug-likeness (QED) is 0.849. The number of anilines is 1. The lowest BCUT2D eigenvalue weighted by Gasteiger charge is -2.07. The third-order valence-corrected chi connectivity index (χ3v) is 3.44. The van der Waals surface area contributed by atoms with Gasteiger partial charge in [-0.15, -0.1) is 0 Å². The van der Waals surface area contributed by atoms with Crippen molar-refractivity contribution in [1.29, 1.82) is 0 Å². The van der Waals surface area contributed by atoms with Crippen LogP contribution in [0.2, 0.25) is 0 Å². The maximum Gasteiger partial charge on any atom is 0.249 e. The average molecular weight is 280 g/mol. The Bertz CT molecular complexity index is 647. The highest BCUT2D eigenvalue weighted by Crippen LogP contribution is 2.32. The normalized spacial score (nSPS) is 10.4. The number of halogens is 2. The molecular formula is C13H10F2N2OS. The predicted octanol–water partition coefficient (Wildman–Crippen LogP) is 2.80. The van der Waals surface area contributed by atoms with Crippen LogP contribution in [0.15, 0.2) is 46.2 Å². The van der Waals surface area contributed by atoms with Crippen molar-refractivity contribution in [3.8, 4) is 0 Å². The minimum atomic E-state index is -0.950. The molecule has 0 bridgehead atoms. The number of primary amides is 1. The monoisotopic (exact) mass is 280 g/mol. The molecule has 0 heterocycles. The second kappa shape index (κ2) is 5.27. The van der Waals surface area contributed by atoms with Crippen LogP contribution in [0.25, 0.3) is 0 Å². The summed E-state index contributed by atoms with van der Waals surface area (Å²) in [4.78, 5) is 12.2. The molecule has 2 rings (SSSR count). The van der Waals surface area contributed by atoms with E-state index in [9.17, 15) is 13.6 Å². The van der Waals surface area contributed by atoms with E-state index in [2.05, 4.69) is 0 Å². The topological polar surface area (TPSA) is 69.1 Å². The van der Waals surface area contributed by atoms with Crippen molar-refractivity contribution in [2.45, 2.75) is 9.79 Å². The maximum atomic E-state index is 13.1. The van der Waals surface area contributed by atoms with E-state index in [1.54, 1.807) is 12.1 Å². The molecule has 0 unspecified atom stereocenters. The highest BCUT2D eigenvalue weighted by molar-refractivity contribution is 7.99. The zero-order valence-corrected chi connectivity index (χ0v) is 10.5. The van der Waals surface area contributed by atoms with Gasteiger partial charge in [0, 0.05) is 15.5 Å². The minimum Gasteiger partial charge on any atom is -0.399 e. The number of benzene rings is 2. The van der Waals surface area contributed by atoms with Gasteiger partial charge in [0.2, 0.25) is 5.91 Å². The average Bonchev–Trinajstić information content (AvgIpc) is 2.33. The van der Waals surface area contributed by atoms with Gasteiger partial charge in [-0.2, -0.15) is 0 Å². The fraction of sp³-hybridized carbons (Fsp3) is 0. The Morgan fingerprint density at radius 2 is 1.79 bits per heavy atom. The molecule has 2 aromatic rings. The molecule has 0 radical (unpaired) electrons. The molecule has 0 aliphatic carbocycles. The Balaban J connectivity index is 2.39. The molecular weight excluding hydrogens is 270 g/mol. The molecule has 0 saturated heterocycles. The maximum absolute atomic E-state index is 13.1. The first-order valence-corrected chi connectivity index (χ1v) is 6.11. The number of nitrogens with two attached hydrogens (primary N) is 2. The third kappa shape index (κ3) is 3.03. The molecule has 0 aliphatic heterocycles. The van der Waals surface area contributed by atoms with E-state index in [1.807, 2.05) is 0 Å². The smallest absolute Gasteiger partial charge is 0.249 e. The van der Waals surface area contributed by atoms with E-state index in [0.717, 1.165) is 23.9 Å². The first kappa shape index (κ1) is 13.4. The first-order chi connectivity index (χ1) is 8.97. The summed E-state index contributed by atoms with van der Waals surface area (Å²) in [6.07, 6.45) is 0. The van der Waals surface area contributed by atoms with Crippen LogP contribution in [0, 0.1) is 11.6 Å². The first-order valence-electron chi connectivity index (χ1n) is 5.29. The van der Waals surface area contributed by atoms with Gasteiger partial charge in [-0.05, 0) is 36.4 Å². The summed E-state index contributed by atoms with van der Waals surface area (Å²) in [7, 11) is 0. The molecule has 0 aliphatic rings. The largest absolute Gasteiger partial charge is 0.399 e. The van der Waals surface area contributed by atoms with Crippen molar-refractivity contribution in [2.24, 2.45) is 5.73 Å².